The molecule has 2 aromatic rings. The first-order chi connectivity index (χ1) is 12.0. The summed E-state index contributed by atoms with van der Waals surface area (Å²) in [4.78, 5) is 26.7. The third-order valence-electron chi connectivity index (χ3n) is 4.52. The van der Waals surface area contributed by atoms with Crippen LogP contribution in [0.15, 0.2) is 41.0 Å². The van der Waals surface area contributed by atoms with Crippen molar-refractivity contribution in [2.24, 2.45) is 5.92 Å². The summed E-state index contributed by atoms with van der Waals surface area (Å²) in [6, 6.07) is 9.51. The van der Waals surface area contributed by atoms with Gasteiger partial charge in [-0.25, -0.2) is 0 Å². The molecule has 6 nitrogen and oxygen atoms in total. The molecule has 3 rings (SSSR count). The number of hydrogen-bond acceptors (Lipinski definition) is 4. The number of hydrogen-bond donors (Lipinski definition) is 2. The highest BCUT2D eigenvalue weighted by molar-refractivity contribution is 6.02. The molecule has 0 aliphatic carbocycles. The van der Waals surface area contributed by atoms with Gasteiger partial charge in [0, 0.05) is 12.6 Å². The van der Waals surface area contributed by atoms with E-state index in [1.807, 2.05) is 24.3 Å². The third-order valence-corrected chi connectivity index (χ3v) is 4.52. The van der Waals surface area contributed by atoms with Gasteiger partial charge in [-0.1, -0.05) is 26.0 Å². The van der Waals surface area contributed by atoms with Crippen LogP contribution >= 0.6 is 0 Å². The van der Waals surface area contributed by atoms with E-state index in [-0.39, 0.29) is 24.4 Å². The summed E-state index contributed by atoms with van der Waals surface area (Å²) in [5.41, 5.74) is 2.24. The smallest absolute Gasteiger partial charge is 0.255 e. The maximum Gasteiger partial charge on any atom is 0.255 e. The van der Waals surface area contributed by atoms with Crippen molar-refractivity contribution in [1.82, 2.24) is 5.32 Å². The molecule has 1 aliphatic rings. The number of fused-ring (bicyclic) bond motifs is 1. The molecule has 132 valence electrons. The van der Waals surface area contributed by atoms with Crippen LogP contribution in [0.1, 0.15) is 30.0 Å². The van der Waals surface area contributed by atoms with E-state index in [1.165, 1.54) is 6.26 Å². The van der Waals surface area contributed by atoms with Crippen LogP contribution in [0.4, 0.5) is 11.4 Å². The lowest BCUT2D eigenvalue weighted by atomic mass is 10.00. The van der Waals surface area contributed by atoms with E-state index in [2.05, 4.69) is 24.5 Å². The summed E-state index contributed by atoms with van der Waals surface area (Å²) in [5, 5.41) is 6.17. The lowest BCUT2D eigenvalue weighted by molar-refractivity contribution is -0.117. The highest BCUT2D eigenvalue weighted by Gasteiger charge is 2.29. The van der Waals surface area contributed by atoms with Gasteiger partial charge >= 0.3 is 0 Å². The quantitative estimate of drug-likeness (QED) is 0.897. The number of carbonyl (C=O) groups is 2. The normalized spacial score (nSPS) is 16.3. The number of carbonyl (C=O) groups excluding carboxylic acids is 2. The highest BCUT2D eigenvalue weighted by Crippen LogP contribution is 2.32. The van der Waals surface area contributed by atoms with E-state index in [9.17, 15) is 9.59 Å². The second kappa shape index (κ2) is 7.01. The van der Waals surface area contributed by atoms with Crippen LogP contribution in [-0.4, -0.2) is 30.9 Å². The van der Waals surface area contributed by atoms with E-state index in [1.54, 1.807) is 17.9 Å². The Morgan fingerprint density at radius 1 is 1.32 bits per heavy atom. The summed E-state index contributed by atoms with van der Waals surface area (Å²) in [6.07, 6.45) is 1.46. The van der Waals surface area contributed by atoms with Crippen LogP contribution in [-0.2, 0) is 4.79 Å². The van der Waals surface area contributed by atoms with Gasteiger partial charge in [0.25, 0.3) is 5.91 Å². The second-order valence-electron chi connectivity index (χ2n) is 6.59. The first-order valence-corrected chi connectivity index (χ1v) is 8.45. The molecule has 0 saturated heterocycles. The van der Waals surface area contributed by atoms with Gasteiger partial charge in [-0.05, 0) is 31.0 Å². The Balaban J connectivity index is 1.72. The largest absolute Gasteiger partial charge is 0.469 e. The Morgan fingerprint density at radius 3 is 2.76 bits per heavy atom. The Bertz CT molecular complexity index is 782. The molecular formula is C19H23N3O3. The molecule has 0 bridgehead atoms. The Morgan fingerprint density at radius 2 is 2.08 bits per heavy atom. The fourth-order valence-corrected chi connectivity index (χ4v) is 2.95. The van der Waals surface area contributed by atoms with Gasteiger partial charge in [-0.3, -0.25) is 9.59 Å². The average Bonchev–Trinajstić information content (AvgIpc) is 3.04. The van der Waals surface area contributed by atoms with E-state index in [0.29, 0.717) is 23.8 Å². The molecule has 2 amide bonds. The molecule has 1 aromatic heterocycles. The number of aryl methyl sites for hydroxylation is 1. The number of nitrogens with zero attached hydrogens (tertiary/aromatic N) is 1. The first kappa shape index (κ1) is 17.1. The van der Waals surface area contributed by atoms with Gasteiger partial charge in [0.2, 0.25) is 5.91 Å². The van der Waals surface area contributed by atoms with Crippen LogP contribution < -0.4 is 15.5 Å². The molecular weight excluding hydrogens is 318 g/mol. The predicted octanol–water partition coefficient (Wildman–Crippen LogP) is 2.80. The number of benzene rings is 1. The van der Waals surface area contributed by atoms with Gasteiger partial charge in [0.15, 0.2) is 0 Å². The highest BCUT2D eigenvalue weighted by atomic mass is 16.3. The number of nitrogens with one attached hydrogen (secondary N) is 2. The molecule has 2 N–H and O–H groups in total. The van der Waals surface area contributed by atoms with Crippen LogP contribution in [0.3, 0.4) is 0 Å². The van der Waals surface area contributed by atoms with Crippen molar-refractivity contribution < 1.29 is 14.0 Å². The van der Waals surface area contributed by atoms with Crippen LogP contribution in [0.5, 0.6) is 0 Å². The summed E-state index contributed by atoms with van der Waals surface area (Å²) in [6.45, 7) is 6.49. The summed E-state index contributed by atoms with van der Waals surface area (Å²) in [7, 11) is 0. The van der Waals surface area contributed by atoms with E-state index < -0.39 is 0 Å². The van der Waals surface area contributed by atoms with Crippen LogP contribution in [0.25, 0.3) is 0 Å². The van der Waals surface area contributed by atoms with Crippen molar-refractivity contribution in [3.63, 3.8) is 0 Å². The zero-order chi connectivity index (χ0) is 18.0. The van der Waals surface area contributed by atoms with Gasteiger partial charge < -0.3 is 20.0 Å². The number of anilines is 2. The molecule has 1 atom stereocenters. The predicted molar refractivity (Wildman–Crippen MR) is 96.8 cm³/mol. The number of furan rings is 1. The lowest BCUT2D eigenvalue weighted by Gasteiger charge is -2.37. The minimum atomic E-state index is -0.302. The average molecular weight is 341 g/mol. The van der Waals surface area contributed by atoms with Crippen molar-refractivity contribution in [2.75, 3.05) is 23.3 Å². The van der Waals surface area contributed by atoms with Crippen molar-refractivity contribution in [3.05, 3.63) is 47.9 Å². The fraction of sp³-hybridized carbons (Fsp3) is 0.368. The maximum absolute atomic E-state index is 12.7. The van der Waals surface area contributed by atoms with Gasteiger partial charge in [-0.2, -0.15) is 0 Å². The van der Waals surface area contributed by atoms with Gasteiger partial charge in [0.1, 0.15) is 5.76 Å². The van der Waals surface area contributed by atoms with Crippen molar-refractivity contribution >= 4 is 23.2 Å². The minimum absolute atomic E-state index is 0.0530. The van der Waals surface area contributed by atoms with Crippen molar-refractivity contribution in [3.8, 4) is 0 Å². The van der Waals surface area contributed by atoms with Crippen LogP contribution in [0.2, 0.25) is 0 Å². The molecule has 0 spiro atoms. The van der Waals surface area contributed by atoms with E-state index in [0.717, 1.165) is 11.4 Å². The van der Waals surface area contributed by atoms with Crippen molar-refractivity contribution in [2.45, 2.75) is 26.8 Å². The van der Waals surface area contributed by atoms with E-state index in [4.69, 9.17) is 4.42 Å². The third kappa shape index (κ3) is 3.52. The molecule has 6 heteroatoms. The maximum atomic E-state index is 12.7. The Kier molecular flexibility index (Phi) is 4.79. The fourth-order valence-electron chi connectivity index (χ4n) is 2.95. The van der Waals surface area contributed by atoms with Crippen molar-refractivity contribution in [1.29, 1.82) is 0 Å². The SMILES string of the molecule is Cc1occc1C(=O)NCC(=O)N1CC(C(C)C)Nc2ccccc21. The van der Waals surface area contributed by atoms with Gasteiger partial charge in [0.05, 0.1) is 29.7 Å². The van der Waals surface area contributed by atoms with Crippen LogP contribution in [0, 0.1) is 12.8 Å². The lowest BCUT2D eigenvalue weighted by Crippen LogP contribution is -2.49. The monoisotopic (exact) mass is 341 g/mol. The Labute approximate surface area is 147 Å². The molecule has 1 aromatic carbocycles. The minimum Gasteiger partial charge on any atom is -0.469 e. The topological polar surface area (TPSA) is 74.6 Å². The Hall–Kier alpha value is -2.76. The molecule has 1 aliphatic heterocycles. The molecule has 1 unspecified atom stereocenters. The summed E-state index contributed by atoms with van der Waals surface area (Å²) >= 11 is 0. The molecule has 0 fully saturated rings. The molecule has 0 saturated carbocycles. The van der Waals surface area contributed by atoms with E-state index >= 15 is 0 Å². The summed E-state index contributed by atoms with van der Waals surface area (Å²) in [5.74, 6) is 0.488. The number of para-hydroxylation sites is 2. The molecule has 25 heavy (non-hydrogen) atoms. The second-order valence-corrected chi connectivity index (χ2v) is 6.59. The number of rotatable bonds is 4. The standard InChI is InChI=1S/C19H23N3O3/c1-12(2)16-11-22(17-7-5-4-6-15(17)21-16)18(23)10-20-19(24)14-8-9-25-13(14)3/h4-9,12,16,21H,10-11H2,1-3H3,(H,20,24). The van der Waals surface area contributed by atoms with Gasteiger partial charge in [-0.15, -0.1) is 0 Å². The molecule has 0 radical (unpaired) electrons. The molecule has 2 heterocycles. The number of amides is 2. The summed E-state index contributed by atoms with van der Waals surface area (Å²) < 4.78 is 5.13. The zero-order valence-electron chi connectivity index (χ0n) is 14.7. The zero-order valence-corrected chi connectivity index (χ0v) is 14.7. The first-order valence-electron chi connectivity index (χ1n) is 8.45.